The fourth-order valence-electron chi connectivity index (χ4n) is 1.62. The van der Waals surface area contributed by atoms with Gasteiger partial charge in [0.05, 0.1) is 12.8 Å². The van der Waals surface area contributed by atoms with Gasteiger partial charge in [0, 0.05) is 6.42 Å². The van der Waals surface area contributed by atoms with Gasteiger partial charge in [-0.3, -0.25) is 0 Å². The number of benzene rings is 1. The van der Waals surface area contributed by atoms with Crippen molar-refractivity contribution in [1.82, 2.24) is 4.98 Å². The predicted molar refractivity (Wildman–Crippen MR) is 61.4 cm³/mol. The monoisotopic (exact) mass is 236 g/mol. The van der Waals surface area contributed by atoms with E-state index in [0.29, 0.717) is 12.2 Å². The Labute approximate surface area is 98.2 Å². The van der Waals surface area contributed by atoms with Crippen molar-refractivity contribution in [3.05, 3.63) is 41.0 Å². The summed E-state index contributed by atoms with van der Waals surface area (Å²) < 4.78 is 23.5. The molecule has 0 spiro atoms. The number of oxazole rings is 1. The second-order valence-electron chi connectivity index (χ2n) is 3.71. The first-order valence-electron chi connectivity index (χ1n) is 5.14. The quantitative estimate of drug-likeness (QED) is 0.888. The lowest BCUT2D eigenvalue weighted by Gasteiger charge is -2.04. The number of nitrogen functional groups attached to an aromatic ring is 1. The molecule has 1 aromatic carbocycles. The summed E-state index contributed by atoms with van der Waals surface area (Å²) in [7, 11) is 1.43. The lowest BCUT2D eigenvalue weighted by molar-refractivity contribution is 0.386. The molecule has 0 aliphatic carbocycles. The van der Waals surface area contributed by atoms with Crippen LogP contribution < -0.4 is 10.5 Å². The molecule has 0 atom stereocenters. The Morgan fingerprint density at radius 1 is 1.47 bits per heavy atom. The van der Waals surface area contributed by atoms with Crippen molar-refractivity contribution in [3.63, 3.8) is 0 Å². The van der Waals surface area contributed by atoms with Gasteiger partial charge >= 0.3 is 0 Å². The van der Waals surface area contributed by atoms with Crippen LogP contribution in [0.15, 0.2) is 22.6 Å². The summed E-state index contributed by atoms with van der Waals surface area (Å²) in [5.41, 5.74) is 6.94. The molecule has 2 rings (SSSR count). The van der Waals surface area contributed by atoms with E-state index in [4.69, 9.17) is 14.9 Å². The van der Waals surface area contributed by atoms with Gasteiger partial charge in [0.25, 0.3) is 6.01 Å². The van der Waals surface area contributed by atoms with Crippen LogP contribution >= 0.6 is 0 Å². The summed E-state index contributed by atoms with van der Waals surface area (Å²) >= 11 is 0. The van der Waals surface area contributed by atoms with Crippen molar-refractivity contribution in [2.45, 2.75) is 13.3 Å². The predicted octanol–water partition coefficient (Wildman–Crippen LogP) is 2.30. The highest BCUT2D eigenvalue weighted by atomic mass is 19.1. The minimum absolute atomic E-state index is 0.131. The van der Waals surface area contributed by atoms with Crippen molar-refractivity contribution >= 4 is 6.01 Å². The van der Waals surface area contributed by atoms with Crippen LogP contribution in [0.5, 0.6) is 5.75 Å². The summed E-state index contributed by atoms with van der Waals surface area (Å²) in [4.78, 5) is 3.96. The smallest absolute Gasteiger partial charge is 0.292 e. The number of methoxy groups -OCH3 is 1. The van der Waals surface area contributed by atoms with Gasteiger partial charge in [0.2, 0.25) is 0 Å². The lowest BCUT2D eigenvalue weighted by atomic mass is 10.1. The van der Waals surface area contributed by atoms with Gasteiger partial charge < -0.3 is 14.9 Å². The molecule has 0 radical (unpaired) electrons. The first-order chi connectivity index (χ1) is 8.10. The fourth-order valence-corrected chi connectivity index (χ4v) is 1.62. The molecule has 0 bridgehead atoms. The molecular formula is C12H13FN2O2. The second kappa shape index (κ2) is 4.45. The molecule has 2 aromatic rings. The summed E-state index contributed by atoms with van der Waals surface area (Å²) in [5, 5.41) is 0. The van der Waals surface area contributed by atoms with Crippen molar-refractivity contribution in [3.8, 4) is 5.75 Å². The van der Waals surface area contributed by atoms with E-state index in [1.54, 1.807) is 19.1 Å². The third-order valence-electron chi connectivity index (χ3n) is 2.49. The molecule has 4 nitrogen and oxygen atoms in total. The lowest BCUT2D eigenvalue weighted by Crippen LogP contribution is -1.93. The van der Waals surface area contributed by atoms with Gasteiger partial charge in [-0.05, 0) is 24.6 Å². The zero-order valence-electron chi connectivity index (χ0n) is 9.66. The van der Waals surface area contributed by atoms with Crippen LogP contribution in [-0.2, 0) is 6.42 Å². The number of nitrogens with zero attached hydrogens (tertiary/aromatic N) is 1. The number of rotatable bonds is 3. The molecule has 0 aliphatic rings. The zero-order chi connectivity index (χ0) is 12.4. The molecule has 1 heterocycles. The van der Waals surface area contributed by atoms with Crippen molar-refractivity contribution in [2.24, 2.45) is 0 Å². The maximum Gasteiger partial charge on any atom is 0.292 e. The Morgan fingerprint density at radius 3 is 2.76 bits per heavy atom. The highest BCUT2D eigenvalue weighted by molar-refractivity contribution is 5.32. The number of hydrogen-bond donors (Lipinski definition) is 1. The average Bonchev–Trinajstić information content (AvgIpc) is 2.58. The number of ether oxygens (including phenoxy) is 1. The molecule has 0 aliphatic heterocycles. The van der Waals surface area contributed by atoms with E-state index in [0.717, 1.165) is 11.3 Å². The van der Waals surface area contributed by atoms with Crippen LogP contribution in [0.4, 0.5) is 10.4 Å². The molecule has 1 aromatic heterocycles. The minimum atomic E-state index is -0.393. The summed E-state index contributed by atoms with van der Waals surface area (Å²) in [6.07, 6.45) is 0.455. The second-order valence-corrected chi connectivity index (χ2v) is 3.71. The number of nitrogens with two attached hydrogens (primary N) is 1. The van der Waals surface area contributed by atoms with Crippen LogP contribution in [0, 0.1) is 12.7 Å². The number of hydrogen-bond acceptors (Lipinski definition) is 4. The van der Waals surface area contributed by atoms with E-state index in [-0.39, 0.29) is 11.8 Å². The average molecular weight is 236 g/mol. The largest absolute Gasteiger partial charge is 0.494 e. The van der Waals surface area contributed by atoms with E-state index in [1.165, 1.54) is 13.2 Å². The Balaban J connectivity index is 2.24. The molecule has 0 amide bonds. The number of anilines is 1. The molecular weight excluding hydrogens is 223 g/mol. The molecule has 0 fully saturated rings. The summed E-state index contributed by atoms with van der Waals surface area (Å²) in [5.74, 6) is 0.477. The van der Waals surface area contributed by atoms with Crippen LogP contribution in [0.25, 0.3) is 0 Å². The van der Waals surface area contributed by atoms with Crippen LogP contribution in [0.3, 0.4) is 0 Å². The third-order valence-corrected chi connectivity index (χ3v) is 2.49. The first-order valence-corrected chi connectivity index (χ1v) is 5.14. The topological polar surface area (TPSA) is 61.3 Å². The molecule has 17 heavy (non-hydrogen) atoms. The van der Waals surface area contributed by atoms with Gasteiger partial charge in [-0.1, -0.05) is 6.07 Å². The fraction of sp³-hybridized carbons (Fsp3) is 0.250. The summed E-state index contributed by atoms with van der Waals surface area (Å²) in [6.45, 7) is 1.80. The Morgan fingerprint density at radius 2 is 2.24 bits per heavy atom. The van der Waals surface area contributed by atoms with Gasteiger partial charge in [-0.25, -0.2) is 4.39 Å². The SMILES string of the molecule is COc1ccc(Cc2oc(N)nc2C)cc1F. The first kappa shape index (κ1) is 11.4. The molecule has 90 valence electrons. The van der Waals surface area contributed by atoms with Gasteiger partial charge in [-0.15, -0.1) is 0 Å². The normalized spacial score (nSPS) is 10.5. The number of aromatic nitrogens is 1. The van der Waals surface area contributed by atoms with Gasteiger partial charge in [0.1, 0.15) is 5.76 Å². The Hall–Kier alpha value is -2.04. The Bertz CT molecular complexity index is 537. The van der Waals surface area contributed by atoms with E-state index < -0.39 is 5.82 Å². The van der Waals surface area contributed by atoms with Crippen molar-refractivity contribution < 1.29 is 13.5 Å². The number of halogens is 1. The molecule has 0 saturated heterocycles. The maximum absolute atomic E-state index is 13.5. The molecule has 5 heteroatoms. The standard InChI is InChI=1S/C12H13FN2O2/c1-7-11(17-12(14)15-7)6-8-3-4-10(16-2)9(13)5-8/h3-5H,6H2,1-2H3,(H2,14,15). The van der Waals surface area contributed by atoms with Gasteiger partial charge in [0.15, 0.2) is 11.6 Å². The van der Waals surface area contributed by atoms with Crippen molar-refractivity contribution in [2.75, 3.05) is 12.8 Å². The van der Waals surface area contributed by atoms with Crippen LogP contribution in [-0.4, -0.2) is 12.1 Å². The van der Waals surface area contributed by atoms with E-state index in [1.807, 2.05) is 0 Å². The van der Waals surface area contributed by atoms with E-state index in [2.05, 4.69) is 4.98 Å². The molecule has 0 unspecified atom stereocenters. The third kappa shape index (κ3) is 2.38. The zero-order valence-corrected chi connectivity index (χ0v) is 9.66. The summed E-state index contributed by atoms with van der Waals surface area (Å²) in [6, 6.07) is 4.91. The Kier molecular flexibility index (Phi) is 2.99. The van der Waals surface area contributed by atoms with E-state index in [9.17, 15) is 4.39 Å². The number of aryl methyl sites for hydroxylation is 1. The van der Waals surface area contributed by atoms with Gasteiger partial charge in [-0.2, -0.15) is 4.98 Å². The van der Waals surface area contributed by atoms with Crippen LogP contribution in [0.1, 0.15) is 17.0 Å². The molecule has 0 saturated carbocycles. The van der Waals surface area contributed by atoms with E-state index >= 15 is 0 Å². The highest BCUT2D eigenvalue weighted by Crippen LogP contribution is 2.21. The maximum atomic E-state index is 13.5. The highest BCUT2D eigenvalue weighted by Gasteiger charge is 2.10. The molecule has 2 N–H and O–H groups in total. The minimum Gasteiger partial charge on any atom is -0.494 e. The van der Waals surface area contributed by atoms with Crippen LogP contribution in [0.2, 0.25) is 0 Å². The van der Waals surface area contributed by atoms with Crippen molar-refractivity contribution in [1.29, 1.82) is 0 Å².